The minimum absolute atomic E-state index is 0.892. The highest BCUT2D eigenvalue weighted by atomic mass is 15.6. The van der Waals surface area contributed by atoms with Crippen molar-refractivity contribution in [3.8, 4) is 0 Å². The van der Waals surface area contributed by atoms with Crippen molar-refractivity contribution in [2.45, 2.75) is 58.9 Å². The van der Waals surface area contributed by atoms with Crippen LogP contribution < -0.4 is 0 Å². The monoisotopic (exact) mass is 196 g/mol. The van der Waals surface area contributed by atoms with Crippen LogP contribution in [0.1, 0.15) is 51.8 Å². The van der Waals surface area contributed by atoms with Crippen molar-refractivity contribution in [2.75, 3.05) is 0 Å². The van der Waals surface area contributed by atoms with Crippen LogP contribution in [0.4, 0.5) is 0 Å². The number of hydrogen-bond acceptors (Lipinski definition) is 3. The van der Waals surface area contributed by atoms with Gasteiger partial charge in [-0.05, 0) is 18.1 Å². The summed E-state index contributed by atoms with van der Waals surface area (Å²) < 4.78 is 0. The van der Waals surface area contributed by atoms with Gasteiger partial charge in [-0.2, -0.15) is 4.80 Å². The highest BCUT2D eigenvalue weighted by Crippen LogP contribution is 1.99. The summed E-state index contributed by atoms with van der Waals surface area (Å²) in [5, 5.41) is 12.3. The van der Waals surface area contributed by atoms with E-state index in [-0.39, 0.29) is 0 Å². The molecule has 0 fully saturated rings. The molecule has 0 aromatic carbocycles. The van der Waals surface area contributed by atoms with E-state index in [4.69, 9.17) is 0 Å². The molecule has 0 spiro atoms. The molecule has 0 unspecified atom stereocenters. The maximum Gasteiger partial charge on any atom is 0.174 e. The van der Waals surface area contributed by atoms with Crippen molar-refractivity contribution < 1.29 is 0 Å². The van der Waals surface area contributed by atoms with E-state index in [0.717, 1.165) is 31.6 Å². The Bertz CT molecular complexity index is 244. The largest absolute Gasteiger partial charge is 0.174 e. The van der Waals surface area contributed by atoms with E-state index in [0.29, 0.717) is 0 Å². The van der Waals surface area contributed by atoms with Gasteiger partial charge in [0.15, 0.2) is 5.82 Å². The van der Waals surface area contributed by atoms with Gasteiger partial charge in [0.2, 0.25) is 0 Å². The summed E-state index contributed by atoms with van der Waals surface area (Å²) in [5.74, 6) is 0.892. The Morgan fingerprint density at radius 2 is 1.86 bits per heavy atom. The van der Waals surface area contributed by atoms with Gasteiger partial charge in [-0.25, -0.2) is 0 Å². The summed E-state index contributed by atoms with van der Waals surface area (Å²) in [7, 11) is 0. The molecular formula is C10H20N4. The molecule has 80 valence electrons. The lowest BCUT2D eigenvalue weighted by Gasteiger charge is -1.95. The summed E-state index contributed by atoms with van der Waals surface area (Å²) in [4.78, 5) is 1.72. The molecule has 14 heavy (non-hydrogen) atoms. The highest BCUT2D eigenvalue weighted by molar-refractivity contribution is 4.76. The highest BCUT2D eigenvalue weighted by Gasteiger charge is 2.00. The Morgan fingerprint density at radius 1 is 1.07 bits per heavy atom. The van der Waals surface area contributed by atoms with Gasteiger partial charge >= 0.3 is 0 Å². The average molecular weight is 196 g/mol. The van der Waals surface area contributed by atoms with Crippen molar-refractivity contribution in [2.24, 2.45) is 0 Å². The first-order valence-corrected chi connectivity index (χ1v) is 5.63. The van der Waals surface area contributed by atoms with Crippen molar-refractivity contribution in [1.82, 2.24) is 20.2 Å². The summed E-state index contributed by atoms with van der Waals surface area (Å²) in [5.41, 5.74) is 0. The summed E-state index contributed by atoms with van der Waals surface area (Å²) in [6.07, 6.45) is 6.93. The first-order valence-electron chi connectivity index (χ1n) is 5.63. The molecule has 4 nitrogen and oxygen atoms in total. The van der Waals surface area contributed by atoms with Gasteiger partial charge in [0.05, 0.1) is 6.54 Å². The van der Waals surface area contributed by atoms with E-state index < -0.39 is 0 Å². The van der Waals surface area contributed by atoms with Crippen LogP contribution in [0.5, 0.6) is 0 Å². The lowest BCUT2D eigenvalue weighted by Crippen LogP contribution is -2.02. The maximum atomic E-state index is 4.31. The lowest BCUT2D eigenvalue weighted by atomic mass is 10.2. The number of aromatic nitrogens is 4. The summed E-state index contributed by atoms with van der Waals surface area (Å²) in [6, 6.07) is 0. The number of rotatable bonds is 7. The normalized spacial score (nSPS) is 10.7. The molecule has 0 bridgehead atoms. The van der Waals surface area contributed by atoms with Crippen LogP contribution >= 0.6 is 0 Å². The van der Waals surface area contributed by atoms with Gasteiger partial charge in [-0.1, -0.05) is 33.1 Å². The number of nitrogens with zero attached hydrogens (tertiary/aromatic N) is 4. The third-order valence-corrected chi connectivity index (χ3v) is 2.21. The van der Waals surface area contributed by atoms with E-state index >= 15 is 0 Å². The molecule has 0 atom stereocenters. The second kappa shape index (κ2) is 6.51. The first kappa shape index (κ1) is 11.1. The van der Waals surface area contributed by atoms with Crippen molar-refractivity contribution in [1.29, 1.82) is 0 Å². The van der Waals surface area contributed by atoms with E-state index in [1.54, 1.807) is 4.80 Å². The average Bonchev–Trinajstić information content (AvgIpc) is 2.63. The van der Waals surface area contributed by atoms with Crippen LogP contribution in [-0.4, -0.2) is 20.2 Å². The fourth-order valence-corrected chi connectivity index (χ4v) is 1.31. The predicted octanol–water partition coefficient (Wildman–Crippen LogP) is 2.21. The molecule has 0 radical (unpaired) electrons. The zero-order chi connectivity index (χ0) is 10.2. The summed E-state index contributed by atoms with van der Waals surface area (Å²) >= 11 is 0. The van der Waals surface area contributed by atoms with Crippen LogP contribution in [0.2, 0.25) is 0 Å². The molecule has 0 saturated carbocycles. The third kappa shape index (κ3) is 3.85. The molecule has 0 amide bonds. The molecule has 1 aromatic heterocycles. The minimum Gasteiger partial charge on any atom is -0.164 e. The Kier molecular flexibility index (Phi) is 5.19. The molecule has 0 aliphatic carbocycles. The Morgan fingerprint density at radius 3 is 2.57 bits per heavy atom. The molecule has 1 rings (SSSR count). The number of tetrazole rings is 1. The molecule has 0 aliphatic rings. The van der Waals surface area contributed by atoms with Crippen LogP contribution in [0.25, 0.3) is 0 Å². The van der Waals surface area contributed by atoms with E-state index in [1.165, 1.54) is 19.3 Å². The van der Waals surface area contributed by atoms with Crippen LogP contribution in [-0.2, 0) is 13.0 Å². The molecule has 0 aliphatic heterocycles. The number of aryl methyl sites for hydroxylation is 2. The molecular weight excluding hydrogens is 176 g/mol. The molecule has 1 aromatic rings. The van der Waals surface area contributed by atoms with Crippen molar-refractivity contribution in [3.63, 3.8) is 0 Å². The topological polar surface area (TPSA) is 43.6 Å². The second-order valence-corrected chi connectivity index (χ2v) is 3.61. The van der Waals surface area contributed by atoms with Crippen molar-refractivity contribution in [3.05, 3.63) is 5.82 Å². The van der Waals surface area contributed by atoms with E-state index in [9.17, 15) is 0 Å². The summed E-state index contributed by atoms with van der Waals surface area (Å²) in [6.45, 7) is 5.28. The fraction of sp³-hybridized carbons (Fsp3) is 0.900. The third-order valence-electron chi connectivity index (χ3n) is 2.21. The fourth-order valence-electron chi connectivity index (χ4n) is 1.31. The van der Waals surface area contributed by atoms with Crippen LogP contribution in [0.3, 0.4) is 0 Å². The van der Waals surface area contributed by atoms with E-state index in [1.807, 2.05) is 0 Å². The van der Waals surface area contributed by atoms with Gasteiger partial charge in [0.1, 0.15) is 0 Å². The Labute approximate surface area is 85.7 Å². The smallest absolute Gasteiger partial charge is 0.164 e. The Hall–Kier alpha value is -0.930. The van der Waals surface area contributed by atoms with Crippen molar-refractivity contribution >= 4 is 0 Å². The van der Waals surface area contributed by atoms with Gasteiger partial charge < -0.3 is 0 Å². The number of hydrogen-bond donors (Lipinski definition) is 0. The predicted molar refractivity (Wildman–Crippen MR) is 56.0 cm³/mol. The quantitative estimate of drug-likeness (QED) is 0.628. The van der Waals surface area contributed by atoms with Gasteiger partial charge in [0, 0.05) is 6.42 Å². The zero-order valence-corrected chi connectivity index (χ0v) is 9.24. The van der Waals surface area contributed by atoms with Crippen LogP contribution in [0, 0.1) is 0 Å². The molecule has 0 N–H and O–H groups in total. The SMILES string of the molecule is CCCCCn1nnc(CCCC)n1. The number of unbranched alkanes of at least 4 members (excludes halogenated alkanes) is 3. The van der Waals surface area contributed by atoms with Gasteiger partial charge in [0.25, 0.3) is 0 Å². The van der Waals surface area contributed by atoms with Gasteiger partial charge in [-0.15, -0.1) is 10.2 Å². The zero-order valence-electron chi connectivity index (χ0n) is 9.24. The minimum atomic E-state index is 0.892. The Balaban J connectivity index is 2.27. The first-order chi connectivity index (χ1) is 6.86. The van der Waals surface area contributed by atoms with E-state index in [2.05, 4.69) is 29.3 Å². The molecule has 0 saturated heterocycles. The standard InChI is InChI=1S/C10H20N4/c1-3-5-7-9-14-12-10(11-13-14)8-6-4-2/h3-9H2,1-2H3. The molecule has 1 heterocycles. The molecule has 4 heteroatoms. The maximum absolute atomic E-state index is 4.31. The van der Waals surface area contributed by atoms with Gasteiger partial charge in [-0.3, -0.25) is 0 Å². The van der Waals surface area contributed by atoms with Crippen LogP contribution in [0.15, 0.2) is 0 Å². The lowest BCUT2D eigenvalue weighted by molar-refractivity contribution is 0.484. The second-order valence-electron chi connectivity index (χ2n) is 3.61.